The summed E-state index contributed by atoms with van der Waals surface area (Å²) in [6.07, 6.45) is 78.7. The summed E-state index contributed by atoms with van der Waals surface area (Å²) in [7, 11) is 1.48. The number of hydrogen-bond acceptors (Lipinski definition) is 6. The van der Waals surface area contributed by atoms with Crippen molar-refractivity contribution in [1.29, 1.82) is 0 Å². The molecule has 9 nitrogen and oxygen atoms in total. The Balaban J connectivity index is 5.20. The summed E-state index contributed by atoms with van der Waals surface area (Å²) >= 11 is 0. The van der Waals surface area contributed by atoms with Crippen molar-refractivity contribution in [2.24, 2.45) is 0 Å². The molecule has 3 atom stereocenters. The number of rotatable bonds is 60. The minimum absolute atomic E-state index is 0.0341. The van der Waals surface area contributed by atoms with Crippen molar-refractivity contribution in [3.63, 3.8) is 0 Å². The van der Waals surface area contributed by atoms with Gasteiger partial charge >= 0.3 is 13.8 Å². The molecule has 0 bridgehead atoms. The van der Waals surface area contributed by atoms with Gasteiger partial charge in [-0.15, -0.1) is 0 Å². The summed E-state index contributed by atoms with van der Waals surface area (Å²) < 4.78 is 30.8. The van der Waals surface area contributed by atoms with E-state index in [0.29, 0.717) is 23.9 Å². The zero-order valence-corrected chi connectivity index (χ0v) is 54.0. The second kappa shape index (κ2) is 59.4. The molecular formula is C70H128N2O7P+. The Bertz CT molecular complexity index is 1640. The number of esters is 1. The van der Waals surface area contributed by atoms with E-state index in [2.05, 4.69) is 99.0 Å². The number of quaternary nitrogens is 1. The molecule has 0 aliphatic heterocycles. The van der Waals surface area contributed by atoms with Crippen molar-refractivity contribution in [2.75, 3.05) is 40.9 Å². The number of carbonyl (C=O) groups excluding carboxylic acids is 2. The normalized spacial score (nSPS) is 14.1. The van der Waals surface area contributed by atoms with Gasteiger partial charge in [0.25, 0.3) is 0 Å². The minimum atomic E-state index is -4.46. The van der Waals surface area contributed by atoms with Gasteiger partial charge in [0.05, 0.1) is 33.8 Å². The Morgan fingerprint density at radius 1 is 0.450 bits per heavy atom. The predicted molar refractivity (Wildman–Crippen MR) is 346 cm³/mol. The van der Waals surface area contributed by atoms with Crippen molar-refractivity contribution in [1.82, 2.24) is 5.32 Å². The monoisotopic (exact) mass is 1140 g/mol. The van der Waals surface area contributed by atoms with Gasteiger partial charge in [0.15, 0.2) is 0 Å². The topological polar surface area (TPSA) is 111 Å². The summed E-state index contributed by atoms with van der Waals surface area (Å²) in [5.41, 5.74) is 0. The number of allylic oxidation sites excluding steroid dienone is 13. The fourth-order valence-corrected chi connectivity index (χ4v) is 10.2. The molecule has 0 aliphatic carbocycles. The molecule has 0 aromatic rings. The highest BCUT2D eigenvalue weighted by atomic mass is 31.2. The highest BCUT2D eigenvalue weighted by Gasteiger charge is 2.30. The SMILES string of the molecule is CC/C=C\C/C=C\C/C=C\C/C=C\C/C=C\CCCCCCCC(=O)OC(/C=C/CCCCCCCCCCCC)C(COP(=O)(O)OCC[N+](C)(C)C)NC(=O)CCCCCCCCCCCCC/C=C/CCCCCCCC. The summed E-state index contributed by atoms with van der Waals surface area (Å²) in [5.74, 6) is -0.524. The van der Waals surface area contributed by atoms with E-state index in [9.17, 15) is 19.0 Å². The van der Waals surface area contributed by atoms with Gasteiger partial charge in [-0.25, -0.2) is 4.57 Å². The maximum atomic E-state index is 13.6. The quantitative estimate of drug-likeness (QED) is 0.0205. The van der Waals surface area contributed by atoms with Gasteiger partial charge in [-0.2, -0.15) is 0 Å². The number of unbranched alkanes of at least 4 members (excludes halogenated alkanes) is 32. The molecule has 3 unspecified atom stereocenters. The molecule has 464 valence electrons. The van der Waals surface area contributed by atoms with E-state index >= 15 is 0 Å². The van der Waals surface area contributed by atoms with Crippen LogP contribution >= 0.6 is 7.82 Å². The number of hydrogen-bond donors (Lipinski definition) is 2. The van der Waals surface area contributed by atoms with Gasteiger partial charge in [-0.3, -0.25) is 18.6 Å². The number of phosphoric acid groups is 1. The van der Waals surface area contributed by atoms with Crippen LogP contribution < -0.4 is 5.32 Å². The molecule has 80 heavy (non-hydrogen) atoms. The highest BCUT2D eigenvalue weighted by Crippen LogP contribution is 2.43. The zero-order chi connectivity index (χ0) is 58.6. The summed E-state index contributed by atoms with van der Waals surface area (Å²) in [6.45, 7) is 6.90. The van der Waals surface area contributed by atoms with Gasteiger partial charge in [0.2, 0.25) is 5.91 Å². The maximum Gasteiger partial charge on any atom is 0.472 e. The van der Waals surface area contributed by atoms with E-state index in [-0.39, 0.29) is 31.5 Å². The van der Waals surface area contributed by atoms with E-state index in [1.165, 1.54) is 154 Å². The summed E-state index contributed by atoms with van der Waals surface area (Å²) in [5, 5.41) is 3.06. The first kappa shape index (κ1) is 77.2. The van der Waals surface area contributed by atoms with Crippen molar-refractivity contribution in [3.8, 4) is 0 Å². The number of likely N-dealkylation sites (N-methyl/N-ethyl adjacent to an activating group) is 1. The number of ether oxygens (including phenoxy) is 1. The first-order valence-electron chi connectivity index (χ1n) is 33.4. The lowest BCUT2D eigenvalue weighted by Crippen LogP contribution is -2.47. The Morgan fingerprint density at radius 2 is 0.800 bits per heavy atom. The third-order valence-electron chi connectivity index (χ3n) is 14.6. The molecule has 0 rings (SSSR count). The highest BCUT2D eigenvalue weighted by molar-refractivity contribution is 7.47. The van der Waals surface area contributed by atoms with Crippen LogP contribution in [0.25, 0.3) is 0 Å². The Kier molecular flexibility index (Phi) is 57.3. The molecule has 2 N–H and O–H groups in total. The Labute approximate surface area is 495 Å². The molecule has 0 heterocycles. The largest absolute Gasteiger partial charge is 0.472 e. The van der Waals surface area contributed by atoms with E-state index in [0.717, 1.165) is 103 Å². The van der Waals surface area contributed by atoms with Gasteiger partial charge in [0, 0.05) is 12.8 Å². The maximum absolute atomic E-state index is 13.6. The minimum Gasteiger partial charge on any atom is -0.456 e. The van der Waals surface area contributed by atoms with Crippen molar-refractivity contribution >= 4 is 19.7 Å². The van der Waals surface area contributed by atoms with Crippen LogP contribution in [-0.4, -0.2) is 74.3 Å². The van der Waals surface area contributed by atoms with Crippen molar-refractivity contribution in [3.05, 3.63) is 85.1 Å². The predicted octanol–water partition coefficient (Wildman–Crippen LogP) is 21.0. The Hall–Kier alpha value is -2.81. The van der Waals surface area contributed by atoms with E-state index < -0.39 is 20.0 Å². The molecule has 0 radical (unpaired) electrons. The van der Waals surface area contributed by atoms with Crippen LogP contribution in [-0.2, 0) is 27.9 Å². The van der Waals surface area contributed by atoms with Crippen LogP contribution in [0.4, 0.5) is 0 Å². The molecule has 1 amide bonds. The van der Waals surface area contributed by atoms with Crippen molar-refractivity contribution < 1.29 is 37.3 Å². The number of nitrogens with zero attached hydrogens (tertiary/aromatic N) is 1. The smallest absolute Gasteiger partial charge is 0.456 e. The summed E-state index contributed by atoms with van der Waals surface area (Å²) in [4.78, 5) is 37.8. The average Bonchev–Trinajstić information content (AvgIpc) is 3.42. The molecule has 0 fully saturated rings. The van der Waals surface area contributed by atoms with Gasteiger partial charge in [-0.1, -0.05) is 267 Å². The number of phosphoric ester groups is 1. The first-order valence-corrected chi connectivity index (χ1v) is 34.9. The van der Waals surface area contributed by atoms with Gasteiger partial charge in [-0.05, 0) is 102 Å². The second-order valence-corrected chi connectivity index (χ2v) is 25.1. The fourth-order valence-electron chi connectivity index (χ4n) is 9.43. The first-order chi connectivity index (χ1) is 38.9. The molecule has 0 spiro atoms. The van der Waals surface area contributed by atoms with Gasteiger partial charge in [0.1, 0.15) is 19.3 Å². The van der Waals surface area contributed by atoms with Crippen LogP contribution in [0, 0.1) is 0 Å². The molecule has 0 aromatic carbocycles. The number of nitrogens with one attached hydrogen (secondary N) is 1. The lowest BCUT2D eigenvalue weighted by molar-refractivity contribution is -0.870. The number of carbonyl (C=O) groups is 2. The molecule has 0 saturated heterocycles. The fraction of sp³-hybridized carbons (Fsp3) is 0.771. The average molecular weight is 1140 g/mol. The Morgan fingerprint density at radius 3 is 1.21 bits per heavy atom. The zero-order valence-electron chi connectivity index (χ0n) is 53.1. The van der Waals surface area contributed by atoms with Crippen LogP contribution in [0.5, 0.6) is 0 Å². The van der Waals surface area contributed by atoms with E-state index in [1.54, 1.807) is 0 Å². The van der Waals surface area contributed by atoms with Crippen LogP contribution in [0.3, 0.4) is 0 Å². The molecule has 0 aliphatic rings. The van der Waals surface area contributed by atoms with E-state index in [1.807, 2.05) is 33.3 Å². The second-order valence-electron chi connectivity index (χ2n) is 23.6. The lowest BCUT2D eigenvalue weighted by atomic mass is 10.0. The third-order valence-corrected chi connectivity index (χ3v) is 15.6. The summed E-state index contributed by atoms with van der Waals surface area (Å²) in [6, 6.07) is -0.861. The van der Waals surface area contributed by atoms with Gasteiger partial charge < -0.3 is 19.4 Å². The molecular weight excluding hydrogens is 1010 g/mol. The van der Waals surface area contributed by atoms with Crippen LogP contribution in [0.1, 0.15) is 297 Å². The standard InChI is InChI=1S/C70H127N2O7P/c1-7-10-13-16-19-22-25-28-30-32-34-36-38-40-42-44-47-50-53-56-59-62-69(73)71-67(66-78-80(75,76)77-65-64-72(4,5)6)68(61-58-55-52-49-46-27-24-21-18-15-12-9-3)79-70(74)63-60-57-54-51-48-45-43-41-39-37-35-33-31-29-26-23-20-17-14-11-8-2/h11,14,20,23,28-31,35,37,41,43,58,61,67-68H,7-10,12-13,15-19,21-22,24-27,32-34,36,38-40,42,44-57,59-60,62-66H2,1-6H3,(H-,71,73,75,76)/p+1/b14-11-,23-20-,30-28+,31-29-,37-35-,43-41-,61-58+. The van der Waals surface area contributed by atoms with Crippen LogP contribution in [0.2, 0.25) is 0 Å². The van der Waals surface area contributed by atoms with Crippen LogP contribution in [0.15, 0.2) is 85.1 Å². The van der Waals surface area contributed by atoms with Crippen molar-refractivity contribution in [2.45, 2.75) is 309 Å². The number of amides is 1. The molecule has 10 heteroatoms. The third kappa shape index (κ3) is 59.8. The molecule has 0 saturated carbocycles. The van der Waals surface area contributed by atoms with E-state index in [4.69, 9.17) is 13.8 Å². The lowest BCUT2D eigenvalue weighted by Gasteiger charge is -2.27. The molecule has 0 aromatic heterocycles.